The third kappa shape index (κ3) is 4.82. The maximum absolute atomic E-state index is 12.5. The first-order chi connectivity index (χ1) is 11.6. The number of benzene rings is 1. The quantitative estimate of drug-likeness (QED) is 0.873. The van der Waals surface area contributed by atoms with Crippen molar-refractivity contribution in [2.45, 2.75) is 46.2 Å². The van der Waals surface area contributed by atoms with Crippen LogP contribution in [0.25, 0.3) is 0 Å². The Hall–Kier alpha value is -2.34. The van der Waals surface area contributed by atoms with Crippen molar-refractivity contribution in [3.63, 3.8) is 0 Å². The van der Waals surface area contributed by atoms with Gasteiger partial charge in [-0.2, -0.15) is 5.10 Å². The van der Waals surface area contributed by atoms with Crippen LogP contribution in [0.5, 0.6) is 5.75 Å². The number of carbonyl (C=O) groups is 1. The van der Waals surface area contributed by atoms with Crippen molar-refractivity contribution in [2.24, 2.45) is 0 Å². The van der Waals surface area contributed by atoms with E-state index in [1.165, 1.54) is 0 Å². The zero-order valence-corrected chi connectivity index (χ0v) is 15.9. The fourth-order valence-corrected chi connectivity index (χ4v) is 2.68. The van der Waals surface area contributed by atoms with E-state index in [1.807, 2.05) is 63.4 Å². The average molecular weight is 344 g/mol. The summed E-state index contributed by atoms with van der Waals surface area (Å²) in [5.74, 6) is 0.833. The van der Waals surface area contributed by atoms with Gasteiger partial charge in [0, 0.05) is 12.1 Å². The van der Waals surface area contributed by atoms with E-state index >= 15 is 0 Å². The molecule has 1 atom stereocenters. The van der Waals surface area contributed by atoms with Gasteiger partial charge in [-0.25, -0.2) is 4.68 Å². The number of aromatic nitrogens is 2. The van der Waals surface area contributed by atoms with E-state index in [0.717, 1.165) is 11.3 Å². The molecule has 0 aliphatic carbocycles. The van der Waals surface area contributed by atoms with Gasteiger partial charge in [-0.1, -0.05) is 12.1 Å². The molecule has 1 aromatic carbocycles. The van der Waals surface area contributed by atoms with Crippen LogP contribution in [-0.2, 0) is 10.3 Å². The summed E-state index contributed by atoms with van der Waals surface area (Å²) in [6.07, 6.45) is 0. The van der Waals surface area contributed by atoms with Crippen molar-refractivity contribution in [3.8, 4) is 5.75 Å². The Morgan fingerprint density at radius 2 is 2.04 bits per heavy atom. The summed E-state index contributed by atoms with van der Waals surface area (Å²) in [7, 11) is 1.89. The summed E-state index contributed by atoms with van der Waals surface area (Å²) >= 11 is 0. The van der Waals surface area contributed by atoms with Gasteiger partial charge in [-0.3, -0.25) is 9.69 Å². The maximum Gasteiger partial charge on any atom is 0.239 e. The van der Waals surface area contributed by atoms with Crippen molar-refractivity contribution >= 4 is 11.7 Å². The molecule has 0 saturated carbocycles. The number of anilines is 1. The molecule has 0 spiro atoms. The van der Waals surface area contributed by atoms with Crippen LogP contribution < -0.4 is 5.32 Å². The van der Waals surface area contributed by atoms with Gasteiger partial charge in [0.2, 0.25) is 5.91 Å². The molecule has 0 saturated heterocycles. The van der Waals surface area contributed by atoms with E-state index in [-0.39, 0.29) is 29.8 Å². The molecule has 1 amide bonds. The van der Waals surface area contributed by atoms with Crippen LogP contribution >= 0.6 is 0 Å². The van der Waals surface area contributed by atoms with Crippen molar-refractivity contribution in [1.29, 1.82) is 0 Å². The number of phenolic OH excluding ortho intramolecular Hbond substituents is 1. The number of nitrogens with zero attached hydrogens (tertiary/aromatic N) is 3. The normalized spacial score (nSPS) is 13.1. The lowest BCUT2D eigenvalue weighted by atomic mass is 10.1. The molecule has 2 rings (SSSR count). The topological polar surface area (TPSA) is 70.4 Å². The second-order valence-electron chi connectivity index (χ2n) is 7.49. The van der Waals surface area contributed by atoms with Gasteiger partial charge in [-0.05, 0) is 59.4 Å². The highest BCUT2D eigenvalue weighted by Crippen LogP contribution is 2.23. The zero-order chi connectivity index (χ0) is 18.8. The summed E-state index contributed by atoms with van der Waals surface area (Å²) in [4.78, 5) is 14.4. The molecule has 0 radical (unpaired) electrons. The molecular weight excluding hydrogens is 316 g/mol. The Kier molecular flexibility index (Phi) is 5.52. The number of hydrogen-bond donors (Lipinski definition) is 2. The van der Waals surface area contributed by atoms with Crippen molar-refractivity contribution in [3.05, 3.63) is 41.6 Å². The number of hydrogen-bond acceptors (Lipinski definition) is 4. The van der Waals surface area contributed by atoms with Crippen molar-refractivity contribution < 1.29 is 9.90 Å². The lowest BCUT2D eigenvalue weighted by molar-refractivity contribution is -0.117. The minimum Gasteiger partial charge on any atom is -0.508 e. The van der Waals surface area contributed by atoms with Crippen LogP contribution in [0.4, 0.5) is 5.82 Å². The van der Waals surface area contributed by atoms with Gasteiger partial charge in [0.1, 0.15) is 11.6 Å². The summed E-state index contributed by atoms with van der Waals surface area (Å²) < 4.78 is 1.83. The molecule has 1 heterocycles. The summed E-state index contributed by atoms with van der Waals surface area (Å²) in [6, 6.07) is 8.99. The molecule has 1 aromatic heterocycles. The highest BCUT2D eigenvalue weighted by molar-refractivity contribution is 5.91. The minimum absolute atomic E-state index is 0.00659. The smallest absolute Gasteiger partial charge is 0.239 e. The van der Waals surface area contributed by atoms with E-state index in [9.17, 15) is 9.90 Å². The third-order valence-corrected chi connectivity index (χ3v) is 4.14. The zero-order valence-electron chi connectivity index (χ0n) is 15.9. The average Bonchev–Trinajstić information content (AvgIpc) is 2.86. The Morgan fingerprint density at radius 1 is 1.36 bits per heavy atom. The summed E-state index contributed by atoms with van der Waals surface area (Å²) in [5.41, 5.74) is 1.62. The monoisotopic (exact) mass is 344 g/mol. The first-order valence-electron chi connectivity index (χ1n) is 8.44. The second kappa shape index (κ2) is 7.27. The van der Waals surface area contributed by atoms with E-state index in [0.29, 0.717) is 5.82 Å². The molecule has 0 aliphatic heterocycles. The van der Waals surface area contributed by atoms with Gasteiger partial charge in [0.25, 0.3) is 0 Å². The van der Waals surface area contributed by atoms with Gasteiger partial charge in [-0.15, -0.1) is 0 Å². The van der Waals surface area contributed by atoms with Gasteiger partial charge in [0.15, 0.2) is 0 Å². The lowest BCUT2D eigenvalue weighted by Gasteiger charge is -2.26. The first-order valence-corrected chi connectivity index (χ1v) is 8.44. The number of amides is 1. The third-order valence-electron chi connectivity index (χ3n) is 4.14. The van der Waals surface area contributed by atoms with Crippen LogP contribution in [-0.4, -0.2) is 39.3 Å². The Labute approximate surface area is 149 Å². The van der Waals surface area contributed by atoms with E-state index in [1.54, 1.807) is 18.2 Å². The molecule has 0 aliphatic rings. The molecule has 0 fully saturated rings. The molecule has 0 unspecified atom stereocenters. The summed E-state index contributed by atoms with van der Waals surface area (Å²) in [6.45, 7) is 10.3. The molecule has 2 aromatic rings. The number of rotatable bonds is 5. The number of aromatic hydroxyl groups is 1. The SMILES string of the molecule is Cc1cc(NC(=O)CN(C)[C@@H](C)c2cccc(O)c2)n(C(C)(C)C)n1. The van der Waals surface area contributed by atoms with Crippen LogP contribution in [0.1, 0.15) is 45.0 Å². The minimum atomic E-state index is -0.211. The Balaban J connectivity index is 2.05. The van der Waals surface area contributed by atoms with Crippen LogP contribution in [0.2, 0.25) is 0 Å². The van der Waals surface area contributed by atoms with Gasteiger partial charge >= 0.3 is 0 Å². The molecule has 0 bridgehead atoms. The predicted molar refractivity (Wildman–Crippen MR) is 99.7 cm³/mol. The standard InChI is InChI=1S/C19H28N4O2/c1-13-10-17(23(21-13)19(3,4)5)20-18(25)12-22(6)14(2)15-8-7-9-16(24)11-15/h7-11,14,24H,12H2,1-6H3,(H,20,25)/t14-/m0/s1. The van der Waals surface area contributed by atoms with Crippen LogP contribution in [0, 0.1) is 6.92 Å². The lowest BCUT2D eigenvalue weighted by Crippen LogP contribution is -2.34. The number of nitrogens with one attached hydrogen (secondary N) is 1. The number of phenols is 1. The molecule has 6 nitrogen and oxygen atoms in total. The Morgan fingerprint density at radius 3 is 2.64 bits per heavy atom. The van der Waals surface area contributed by atoms with Gasteiger partial charge < -0.3 is 10.4 Å². The number of likely N-dealkylation sites (N-methyl/N-ethyl adjacent to an activating group) is 1. The van der Waals surface area contributed by atoms with Crippen LogP contribution in [0.3, 0.4) is 0 Å². The van der Waals surface area contributed by atoms with E-state index < -0.39 is 0 Å². The largest absolute Gasteiger partial charge is 0.508 e. The van der Waals surface area contributed by atoms with E-state index in [4.69, 9.17) is 0 Å². The predicted octanol–water partition coefficient (Wildman–Crippen LogP) is 3.28. The van der Waals surface area contributed by atoms with Gasteiger partial charge in [0.05, 0.1) is 17.8 Å². The molecule has 136 valence electrons. The second-order valence-corrected chi connectivity index (χ2v) is 7.49. The number of aryl methyl sites for hydroxylation is 1. The van der Waals surface area contributed by atoms with E-state index in [2.05, 4.69) is 10.4 Å². The summed E-state index contributed by atoms with van der Waals surface area (Å²) in [5, 5.41) is 17.0. The highest BCUT2D eigenvalue weighted by atomic mass is 16.3. The van der Waals surface area contributed by atoms with Crippen molar-refractivity contribution in [2.75, 3.05) is 18.9 Å². The Bertz CT molecular complexity index is 746. The maximum atomic E-state index is 12.5. The van der Waals surface area contributed by atoms with Crippen molar-refractivity contribution in [1.82, 2.24) is 14.7 Å². The molecule has 25 heavy (non-hydrogen) atoms. The fourth-order valence-electron chi connectivity index (χ4n) is 2.68. The molecule has 6 heteroatoms. The first kappa shape index (κ1) is 19.0. The number of carbonyl (C=O) groups excluding carboxylic acids is 1. The van der Waals surface area contributed by atoms with Crippen LogP contribution in [0.15, 0.2) is 30.3 Å². The highest BCUT2D eigenvalue weighted by Gasteiger charge is 2.21. The fraction of sp³-hybridized carbons (Fsp3) is 0.474. The molecule has 2 N–H and O–H groups in total. The molecular formula is C19H28N4O2.